The minimum absolute atomic E-state index is 0.0458. The summed E-state index contributed by atoms with van der Waals surface area (Å²) in [5, 5.41) is 6.27. The van der Waals surface area contributed by atoms with Gasteiger partial charge in [0.2, 0.25) is 5.91 Å². The molecule has 2 N–H and O–H groups in total. The Hall–Kier alpha value is -1.55. The second kappa shape index (κ2) is 6.57. The van der Waals surface area contributed by atoms with E-state index in [-0.39, 0.29) is 5.91 Å². The SMILES string of the molecule is CC(=O)Nc1ccc(C)c(NCC2CCCOC2)c1. The number of anilines is 2. The van der Waals surface area contributed by atoms with E-state index in [4.69, 9.17) is 4.74 Å². The smallest absolute Gasteiger partial charge is 0.221 e. The minimum atomic E-state index is -0.0458. The quantitative estimate of drug-likeness (QED) is 0.877. The molecule has 2 rings (SSSR count). The van der Waals surface area contributed by atoms with Crippen molar-refractivity contribution >= 4 is 17.3 Å². The van der Waals surface area contributed by atoms with Gasteiger partial charge in [0.25, 0.3) is 0 Å². The summed E-state index contributed by atoms with van der Waals surface area (Å²) in [4.78, 5) is 11.1. The number of ether oxygens (including phenoxy) is 1. The van der Waals surface area contributed by atoms with Gasteiger partial charge in [-0.3, -0.25) is 4.79 Å². The first-order chi connectivity index (χ1) is 9.15. The van der Waals surface area contributed by atoms with Gasteiger partial charge in [-0.15, -0.1) is 0 Å². The molecule has 1 saturated heterocycles. The number of aryl methyl sites for hydroxylation is 1. The van der Waals surface area contributed by atoms with E-state index >= 15 is 0 Å². The molecule has 1 amide bonds. The first kappa shape index (κ1) is 13.9. The zero-order valence-corrected chi connectivity index (χ0v) is 11.7. The average molecular weight is 262 g/mol. The molecule has 1 unspecified atom stereocenters. The van der Waals surface area contributed by atoms with E-state index in [2.05, 4.69) is 17.6 Å². The third kappa shape index (κ3) is 4.24. The number of amides is 1. The molecule has 19 heavy (non-hydrogen) atoms. The standard InChI is InChI=1S/C15H22N2O2/c1-11-5-6-14(17-12(2)18)8-15(11)16-9-13-4-3-7-19-10-13/h5-6,8,13,16H,3-4,7,9-10H2,1-2H3,(H,17,18). The van der Waals surface area contributed by atoms with Gasteiger partial charge < -0.3 is 15.4 Å². The lowest BCUT2D eigenvalue weighted by Gasteiger charge is -2.23. The second-order valence-corrected chi connectivity index (χ2v) is 5.17. The van der Waals surface area contributed by atoms with Gasteiger partial charge in [0.05, 0.1) is 6.61 Å². The van der Waals surface area contributed by atoms with Crippen LogP contribution in [0, 0.1) is 12.8 Å². The Morgan fingerprint density at radius 2 is 2.32 bits per heavy atom. The summed E-state index contributed by atoms with van der Waals surface area (Å²) in [6.07, 6.45) is 2.37. The van der Waals surface area contributed by atoms with Crippen molar-refractivity contribution in [3.63, 3.8) is 0 Å². The number of hydrogen-bond donors (Lipinski definition) is 2. The van der Waals surface area contributed by atoms with E-state index in [9.17, 15) is 4.79 Å². The van der Waals surface area contributed by atoms with Crippen molar-refractivity contribution in [2.45, 2.75) is 26.7 Å². The summed E-state index contributed by atoms with van der Waals surface area (Å²) in [7, 11) is 0. The Labute approximate surface area is 114 Å². The fourth-order valence-electron chi connectivity index (χ4n) is 2.32. The lowest BCUT2D eigenvalue weighted by atomic mass is 10.0. The second-order valence-electron chi connectivity index (χ2n) is 5.17. The molecule has 1 aromatic rings. The Morgan fingerprint density at radius 1 is 1.47 bits per heavy atom. The number of carbonyl (C=O) groups is 1. The van der Waals surface area contributed by atoms with Crippen molar-refractivity contribution < 1.29 is 9.53 Å². The molecular formula is C15H22N2O2. The van der Waals surface area contributed by atoms with Crippen LogP contribution in [0.3, 0.4) is 0 Å². The molecule has 0 saturated carbocycles. The van der Waals surface area contributed by atoms with Crippen molar-refractivity contribution in [1.82, 2.24) is 0 Å². The lowest BCUT2D eigenvalue weighted by molar-refractivity contribution is -0.114. The number of carbonyl (C=O) groups excluding carboxylic acids is 1. The maximum atomic E-state index is 11.1. The highest BCUT2D eigenvalue weighted by atomic mass is 16.5. The maximum absolute atomic E-state index is 11.1. The van der Waals surface area contributed by atoms with Gasteiger partial charge in [-0.05, 0) is 43.4 Å². The summed E-state index contributed by atoms with van der Waals surface area (Å²) in [6, 6.07) is 5.93. The van der Waals surface area contributed by atoms with Crippen LogP contribution in [0.4, 0.5) is 11.4 Å². The van der Waals surface area contributed by atoms with Crippen LogP contribution in [0.1, 0.15) is 25.3 Å². The molecule has 1 aliphatic rings. The first-order valence-electron chi connectivity index (χ1n) is 6.85. The van der Waals surface area contributed by atoms with Crippen LogP contribution >= 0.6 is 0 Å². The van der Waals surface area contributed by atoms with E-state index in [1.54, 1.807) is 0 Å². The van der Waals surface area contributed by atoms with Crippen LogP contribution in [-0.2, 0) is 9.53 Å². The number of nitrogens with one attached hydrogen (secondary N) is 2. The number of rotatable bonds is 4. The molecule has 1 heterocycles. The molecular weight excluding hydrogens is 240 g/mol. The first-order valence-corrected chi connectivity index (χ1v) is 6.85. The van der Waals surface area contributed by atoms with Crippen molar-refractivity contribution in [2.75, 3.05) is 30.4 Å². The fourth-order valence-corrected chi connectivity index (χ4v) is 2.32. The Morgan fingerprint density at radius 3 is 3.00 bits per heavy atom. The molecule has 0 spiro atoms. The molecule has 0 radical (unpaired) electrons. The Kier molecular flexibility index (Phi) is 4.80. The van der Waals surface area contributed by atoms with Gasteiger partial charge in [0.15, 0.2) is 0 Å². The molecule has 0 aliphatic carbocycles. The number of hydrogen-bond acceptors (Lipinski definition) is 3. The van der Waals surface area contributed by atoms with Crippen molar-refractivity contribution in [3.8, 4) is 0 Å². The van der Waals surface area contributed by atoms with Crippen molar-refractivity contribution in [1.29, 1.82) is 0 Å². The third-order valence-electron chi connectivity index (χ3n) is 3.39. The predicted octanol–water partition coefficient (Wildman–Crippen LogP) is 2.79. The summed E-state index contributed by atoms with van der Waals surface area (Å²) >= 11 is 0. The zero-order chi connectivity index (χ0) is 13.7. The topological polar surface area (TPSA) is 50.4 Å². The van der Waals surface area contributed by atoms with Gasteiger partial charge in [0.1, 0.15) is 0 Å². The predicted molar refractivity (Wildman–Crippen MR) is 77.5 cm³/mol. The summed E-state index contributed by atoms with van der Waals surface area (Å²) in [5.41, 5.74) is 3.10. The molecule has 1 fully saturated rings. The Bertz CT molecular complexity index is 440. The maximum Gasteiger partial charge on any atom is 0.221 e. The van der Waals surface area contributed by atoms with Crippen LogP contribution in [0.2, 0.25) is 0 Å². The van der Waals surface area contributed by atoms with Gasteiger partial charge >= 0.3 is 0 Å². The summed E-state index contributed by atoms with van der Waals surface area (Å²) in [6.45, 7) is 6.25. The molecule has 1 aromatic carbocycles. The summed E-state index contributed by atoms with van der Waals surface area (Å²) in [5.74, 6) is 0.535. The molecule has 1 atom stereocenters. The average Bonchev–Trinajstić information content (AvgIpc) is 2.40. The zero-order valence-electron chi connectivity index (χ0n) is 11.7. The molecule has 4 heteroatoms. The van der Waals surface area contributed by atoms with Crippen LogP contribution in [0.5, 0.6) is 0 Å². The van der Waals surface area contributed by atoms with Crippen molar-refractivity contribution in [2.24, 2.45) is 5.92 Å². The summed E-state index contributed by atoms with van der Waals surface area (Å²) < 4.78 is 5.48. The monoisotopic (exact) mass is 262 g/mol. The van der Waals surface area contributed by atoms with Crippen molar-refractivity contribution in [3.05, 3.63) is 23.8 Å². The van der Waals surface area contributed by atoms with E-state index in [0.29, 0.717) is 5.92 Å². The normalized spacial score (nSPS) is 18.9. The van der Waals surface area contributed by atoms with E-state index in [1.165, 1.54) is 18.9 Å². The van der Waals surface area contributed by atoms with Crippen LogP contribution in [0.15, 0.2) is 18.2 Å². The number of benzene rings is 1. The van der Waals surface area contributed by atoms with Crippen LogP contribution in [0.25, 0.3) is 0 Å². The highest BCUT2D eigenvalue weighted by molar-refractivity contribution is 5.89. The third-order valence-corrected chi connectivity index (χ3v) is 3.39. The molecule has 4 nitrogen and oxygen atoms in total. The van der Waals surface area contributed by atoms with Gasteiger partial charge in [-0.1, -0.05) is 6.07 Å². The molecule has 0 aromatic heterocycles. The Balaban J connectivity index is 1.95. The highest BCUT2D eigenvalue weighted by Crippen LogP contribution is 2.22. The molecule has 0 bridgehead atoms. The largest absolute Gasteiger partial charge is 0.384 e. The van der Waals surface area contributed by atoms with E-state index in [1.807, 2.05) is 18.2 Å². The highest BCUT2D eigenvalue weighted by Gasteiger charge is 2.13. The van der Waals surface area contributed by atoms with Crippen LogP contribution in [-0.4, -0.2) is 25.7 Å². The molecule has 104 valence electrons. The van der Waals surface area contributed by atoms with E-state index in [0.717, 1.165) is 37.6 Å². The van der Waals surface area contributed by atoms with Gasteiger partial charge in [0, 0.05) is 31.5 Å². The van der Waals surface area contributed by atoms with E-state index < -0.39 is 0 Å². The fraction of sp³-hybridized carbons (Fsp3) is 0.533. The minimum Gasteiger partial charge on any atom is -0.384 e. The van der Waals surface area contributed by atoms with Gasteiger partial charge in [-0.25, -0.2) is 0 Å². The lowest BCUT2D eigenvalue weighted by Crippen LogP contribution is -2.24. The van der Waals surface area contributed by atoms with Crippen LogP contribution < -0.4 is 10.6 Å². The van der Waals surface area contributed by atoms with Gasteiger partial charge in [-0.2, -0.15) is 0 Å². The molecule has 1 aliphatic heterocycles.